The predicted molar refractivity (Wildman–Crippen MR) is 56.5 cm³/mol. The molecule has 0 heterocycles. The van der Waals surface area contributed by atoms with Gasteiger partial charge in [-0.05, 0) is 17.7 Å². The third kappa shape index (κ3) is 3.96. The number of rotatable bonds is 2. The largest absolute Gasteiger partial charge is 0.411 e. The van der Waals surface area contributed by atoms with Crippen LogP contribution in [0.1, 0.15) is 17.5 Å². The Bertz CT molecular complexity index is 441. The minimum absolute atomic E-state index is 0.0400. The van der Waals surface area contributed by atoms with Crippen LogP contribution in [-0.2, 0) is 4.79 Å². The number of carbonyl (C=O) groups excluding carboxylic acids is 1. The molecule has 0 unspecified atom stereocenters. The van der Waals surface area contributed by atoms with Crippen molar-refractivity contribution in [3.8, 4) is 11.8 Å². The summed E-state index contributed by atoms with van der Waals surface area (Å²) in [5.74, 6) is 4.97. The number of hydrogen-bond donors (Lipinski definition) is 2. The fourth-order valence-electron chi connectivity index (χ4n) is 0.997. The molecule has 0 saturated heterocycles. The molecule has 0 saturated carbocycles. The number of nitrogens with two attached hydrogens (primary N) is 1. The van der Waals surface area contributed by atoms with Crippen LogP contribution in [0.15, 0.2) is 29.4 Å². The molecule has 0 spiro atoms. The van der Waals surface area contributed by atoms with Gasteiger partial charge < -0.3 is 10.9 Å². The summed E-state index contributed by atoms with van der Waals surface area (Å²) in [7, 11) is 0. The average molecular weight is 202 g/mol. The Balaban J connectivity index is 2.80. The standard InChI is InChI=1S/C11H10N2O2/c12-11(14)6-2-4-9-3-1-5-10(7-9)8-13-15/h1,3,5,7-8,15H,6H2,(H2,12,14). The highest BCUT2D eigenvalue weighted by Crippen LogP contribution is 2.01. The third-order valence-electron chi connectivity index (χ3n) is 1.59. The Kier molecular flexibility index (Phi) is 3.92. The molecule has 0 bridgehead atoms. The molecule has 1 aromatic carbocycles. The van der Waals surface area contributed by atoms with Gasteiger partial charge in [-0.25, -0.2) is 0 Å². The molecule has 0 aliphatic heterocycles. The Labute approximate surface area is 87.4 Å². The number of hydrogen-bond acceptors (Lipinski definition) is 3. The van der Waals surface area contributed by atoms with Crippen LogP contribution in [0.5, 0.6) is 0 Å². The fraction of sp³-hybridized carbons (Fsp3) is 0.0909. The van der Waals surface area contributed by atoms with Crippen molar-refractivity contribution in [2.75, 3.05) is 0 Å². The third-order valence-corrected chi connectivity index (χ3v) is 1.59. The number of primary amides is 1. The van der Waals surface area contributed by atoms with Crippen molar-refractivity contribution in [3.05, 3.63) is 35.4 Å². The zero-order valence-electron chi connectivity index (χ0n) is 7.97. The van der Waals surface area contributed by atoms with Crippen LogP contribution in [0.2, 0.25) is 0 Å². The van der Waals surface area contributed by atoms with Gasteiger partial charge in [0.05, 0.1) is 12.6 Å². The lowest BCUT2D eigenvalue weighted by molar-refractivity contribution is -0.117. The van der Waals surface area contributed by atoms with E-state index in [1.807, 2.05) is 0 Å². The summed E-state index contributed by atoms with van der Waals surface area (Å²) in [6, 6.07) is 7.10. The van der Waals surface area contributed by atoms with Gasteiger partial charge in [-0.3, -0.25) is 4.79 Å². The maximum Gasteiger partial charge on any atom is 0.229 e. The van der Waals surface area contributed by atoms with Crippen LogP contribution >= 0.6 is 0 Å². The van der Waals surface area contributed by atoms with Gasteiger partial charge in [0.15, 0.2) is 0 Å². The van der Waals surface area contributed by atoms with E-state index in [1.54, 1.807) is 24.3 Å². The monoisotopic (exact) mass is 202 g/mol. The first kappa shape index (κ1) is 10.8. The zero-order chi connectivity index (χ0) is 11.1. The first-order chi connectivity index (χ1) is 7.22. The maximum atomic E-state index is 10.4. The van der Waals surface area contributed by atoms with Gasteiger partial charge in [-0.1, -0.05) is 29.1 Å². The van der Waals surface area contributed by atoms with E-state index in [0.29, 0.717) is 0 Å². The molecule has 0 aliphatic carbocycles. The van der Waals surface area contributed by atoms with Crippen LogP contribution in [0.25, 0.3) is 0 Å². The quantitative estimate of drug-likeness (QED) is 0.321. The van der Waals surface area contributed by atoms with Crippen molar-refractivity contribution in [1.82, 2.24) is 0 Å². The molecule has 3 N–H and O–H groups in total. The van der Waals surface area contributed by atoms with Gasteiger partial charge in [0, 0.05) is 5.56 Å². The molecule has 76 valence electrons. The fourth-order valence-corrected chi connectivity index (χ4v) is 0.997. The molecule has 1 amide bonds. The molecule has 4 heteroatoms. The summed E-state index contributed by atoms with van der Waals surface area (Å²) in [4.78, 5) is 10.4. The van der Waals surface area contributed by atoms with Gasteiger partial charge in [0.1, 0.15) is 0 Å². The number of amides is 1. The molecular formula is C11H10N2O2. The van der Waals surface area contributed by atoms with Crippen LogP contribution in [0.4, 0.5) is 0 Å². The van der Waals surface area contributed by atoms with Crippen molar-refractivity contribution in [2.45, 2.75) is 6.42 Å². The summed E-state index contributed by atoms with van der Waals surface area (Å²) in [6.07, 6.45) is 1.34. The van der Waals surface area contributed by atoms with Gasteiger partial charge in [-0.2, -0.15) is 0 Å². The number of nitrogens with zero attached hydrogens (tertiary/aromatic N) is 1. The molecule has 1 aromatic rings. The lowest BCUT2D eigenvalue weighted by Gasteiger charge is -1.92. The van der Waals surface area contributed by atoms with Crippen LogP contribution in [0, 0.1) is 11.8 Å². The van der Waals surface area contributed by atoms with Gasteiger partial charge in [0.2, 0.25) is 5.91 Å². The van der Waals surface area contributed by atoms with E-state index in [-0.39, 0.29) is 6.42 Å². The molecule has 0 radical (unpaired) electrons. The summed E-state index contributed by atoms with van der Waals surface area (Å²) in [6.45, 7) is 0. The molecule has 0 atom stereocenters. The summed E-state index contributed by atoms with van der Waals surface area (Å²) < 4.78 is 0. The number of carbonyl (C=O) groups is 1. The van der Waals surface area contributed by atoms with Crippen molar-refractivity contribution < 1.29 is 10.0 Å². The number of oxime groups is 1. The summed E-state index contributed by atoms with van der Waals surface area (Å²) in [5.41, 5.74) is 6.42. The molecule has 4 nitrogen and oxygen atoms in total. The Morgan fingerprint density at radius 2 is 2.40 bits per heavy atom. The van der Waals surface area contributed by atoms with Gasteiger partial charge in [0.25, 0.3) is 0 Å². The lowest BCUT2D eigenvalue weighted by Crippen LogP contribution is -2.08. The van der Waals surface area contributed by atoms with E-state index in [9.17, 15) is 4.79 Å². The Hall–Kier alpha value is -2.28. The van der Waals surface area contributed by atoms with Crippen molar-refractivity contribution in [3.63, 3.8) is 0 Å². The highest BCUT2D eigenvalue weighted by Gasteiger charge is 1.90. The normalized spacial score (nSPS) is 9.60. The van der Waals surface area contributed by atoms with Crippen molar-refractivity contribution >= 4 is 12.1 Å². The SMILES string of the molecule is NC(=O)CC#Cc1cccc(C=NO)c1. The smallest absolute Gasteiger partial charge is 0.229 e. The molecule has 0 fully saturated rings. The molecule has 1 rings (SSSR count). The first-order valence-corrected chi connectivity index (χ1v) is 4.27. The summed E-state index contributed by atoms with van der Waals surface area (Å²) in [5, 5.41) is 11.2. The van der Waals surface area contributed by atoms with E-state index in [1.165, 1.54) is 6.21 Å². The molecule has 0 aliphatic rings. The minimum atomic E-state index is -0.449. The zero-order valence-corrected chi connectivity index (χ0v) is 7.97. The molecular weight excluding hydrogens is 192 g/mol. The lowest BCUT2D eigenvalue weighted by atomic mass is 10.1. The molecule has 0 aromatic heterocycles. The predicted octanol–water partition coefficient (Wildman–Crippen LogP) is 0.722. The van der Waals surface area contributed by atoms with Crippen LogP contribution in [-0.4, -0.2) is 17.3 Å². The second-order valence-corrected chi connectivity index (χ2v) is 2.81. The maximum absolute atomic E-state index is 10.4. The second kappa shape index (κ2) is 5.45. The summed E-state index contributed by atoms with van der Waals surface area (Å²) >= 11 is 0. The van der Waals surface area contributed by atoms with E-state index < -0.39 is 5.91 Å². The Morgan fingerprint density at radius 3 is 3.07 bits per heavy atom. The highest BCUT2D eigenvalue weighted by molar-refractivity contribution is 5.80. The van der Waals surface area contributed by atoms with E-state index in [2.05, 4.69) is 17.0 Å². The van der Waals surface area contributed by atoms with Gasteiger partial charge in [-0.15, -0.1) is 0 Å². The average Bonchev–Trinajstić information content (AvgIpc) is 2.18. The van der Waals surface area contributed by atoms with E-state index in [4.69, 9.17) is 10.9 Å². The minimum Gasteiger partial charge on any atom is -0.411 e. The second-order valence-electron chi connectivity index (χ2n) is 2.81. The first-order valence-electron chi connectivity index (χ1n) is 4.27. The van der Waals surface area contributed by atoms with Crippen LogP contribution in [0.3, 0.4) is 0 Å². The van der Waals surface area contributed by atoms with Crippen molar-refractivity contribution in [2.24, 2.45) is 10.9 Å². The van der Waals surface area contributed by atoms with E-state index >= 15 is 0 Å². The van der Waals surface area contributed by atoms with E-state index in [0.717, 1.165) is 11.1 Å². The van der Waals surface area contributed by atoms with Crippen LogP contribution < -0.4 is 5.73 Å². The highest BCUT2D eigenvalue weighted by atomic mass is 16.4. The number of benzene rings is 1. The van der Waals surface area contributed by atoms with Crippen molar-refractivity contribution in [1.29, 1.82) is 0 Å². The van der Waals surface area contributed by atoms with Gasteiger partial charge >= 0.3 is 0 Å². The molecule has 15 heavy (non-hydrogen) atoms. The Morgan fingerprint density at radius 1 is 1.60 bits per heavy atom. The topological polar surface area (TPSA) is 75.7 Å².